The van der Waals surface area contributed by atoms with Gasteiger partial charge in [0, 0.05) is 17.7 Å². The van der Waals surface area contributed by atoms with Gasteiger partial charge in [0.1, 0.15) is 11.1 Å². The number of carbonyl (C=O) groups excluding carboxylic acids is 1. The average Bonchev–Trinajstić information content (AvgIpc) is 3.48. The van der Waals surface area contributed by atoms with Crippen molar-refractivity contribution in [1.29, 1.82) is 0 Å². The van der Waals surface area contributed by atoms with Gasteiger partial charge in [0.25, 0.3) is 5.56 Å². The Morgan fingerprint density at radius 1 is 1.24 bits per heavy atom. The second kappa shape index (κ2) is 9.41. The van der Waals surface area contributed by atoms with Crippen LogP contribution < -0.4 is 10.9 Å². The molecule has 0 bridgehead atoms. The number of hydrogen-bond acceptors (Lipinski definition) is 6. The average molecular weight is 464 g/mol. The maximum Gasteiger partial charge on any atom is 0.297 e. The Morgan fingerprint density at radius 3 is 2.94 bits per heavy atom. The number of anilines is 1. The zero-order valence-corrected chi connectivity index (χ0v) is 19.2. The van der Waals surface area contributed by atoms with Crippen LogP contribution in [0.5, 0.6) is 0 Å². The Hall–Kier alpha value is -3.10. The molecule has 170 valence electrons. The topological polar surface area (TPSA) is 86.4 Å². The smallest absolute Gasteiger partial charge is 0.297 e. The van der Waals surface area contributed by atoms with Gasteiger partial charge in [-0.2, -0.15) is 0 Å². The zero-order valence-electron chi connectivity index (χ0n) is 18.4. The van der Waals surface area contributed by atoms with E-state index in [2.05, 4.69) is 12.2 Å². The lowest BCUT2D eigenvalue weighted by molar-refractivity contribution is -0.113. The summed E-state index contributed by atoms with van der Waals surface area (Å²) in [5.74, 6) is -0.0152. The first-order chi connectivity index (χ1) is 16.1. The highest BCUT2D eigenvalue weighted by Crippen LogP contribution is 2.28. The minimum absolute atomic E-state index is 0.0451. The molecule has 1 N–H and O–H groups in total. The van der Waals surface area contributed by atoms with Gasteiger partial charge in [-0.3, -0.25) is 14.2 Å². The molecule has 8 heteroatoms. The van der Waals surface area contributed by atoms with Gasteiger partial charge in [-0.1, -0.05) is 43.0 Å². The summed E-state index contributed by atoms with van der Waals surface area (Å²) in [5.41, 5.74) is 3.06. The van der Waals surface area contributed by atoms with E-state index in [0.717, 1.165) is 35.9 Å². The molecule has 0 unspecified atom stereocenters. The molecule has 0 radical (unpaired) electrons. The van der Waals surface area contributed by atoms with Crippen molar-refractivity contribution in [3.8, 4) is 0 Å². The van der Waals surface area contributed by atoms with Crippen molar-refractivity contribution in [3.63, 3.8) is 0 Å². The van der Waals surface area contributed by atoms with E-state index in [1.807, 2.05) is 48.5 Å². The van der Waals surface area contributed by atoms with Gasteiger partial charge in [0.05, 0.1) is 18.4 Å². The molecular formula is C25H25N3O4S. The molecule has 1 aliphatic heterocycles. The molecule has 3 heterocycles. The van der Waals surface area contributed by atoms with E-state index >= 15 is 0 Å². The predicted octanol–water partition coefficient (Wildman–Crippen LogP) is 4.61. The summed E-state index contributed by atoms with van der Waals surface area (Å²) >= 11 is 1.25. The largest absolute Gasteiger partial charge is 0.448 e. The van der Waals surface area contributed by atoms with Crippen LogP contribution in [0.25, 0.3) is 22.1 Å². The number of para-hydroxylation sites is 1. The molecule has 0 spiro atoms. The summed E-state index contributed by atoms with van der Waals surface area (Å²) in [7, 11) is 0. The van der Waals surface area contributed by atoms with Gasteiger partial charge in [-0.25, -0.2) is 4.98 Å². The summed E-state index contributed by atoms with van der Waals surface area (Å²) < 4.78 is 13.2. The van der Waals surface area contributed by atoms with Crippen molar-refractivity contribution >= 4 is 45.4 Å². The third-order valence-corrected chi connectivity index (χ3v) is 6.78. The molecule has 1 atom stereocenters. The van der Waals surface area contributed by atoms with E-state index in [1.54, 1.807) is 4.57 Å². The van der Waals surface area contributed by atoms with Crippen LogP contribution in [-0.4, -0.2) is 33.9 Å². The van der Waals surface area contributed by atoms with Crippen molar-refractivity contribution < 1.29 is 13.9 Å². The Bertz CT molecular complexity index is 1370. The van der Waals surface area contributed by atoms with Crippen LogP contribution in [-0.2, 0) is 22.5 Å². The number of nitrogens with zero attached hydrogens (tertiary/aromatic N) is 2. The third kappa shape index (κ3) is 4.54. The fraction of sp³-hybridized carbons (Fsp3) is 0.320. The Balaban J connectivity index is 1.45. The van der Waals surface area contributed by atoms with Crippen LogP contribution in [0.15, 0.2) is 62.9 Å². The second-order valence-corrected chi connectivity index (χ2v) is 9.05. The molecule has 1 aliphatic rings. The second-order valence-electron chi connectivity index (χ2n) is 8.11. The van der Waals surface area contributed by atoms with Crippen LogP contribution in [0.3, 0.4) is 0 Å². The van der Waals surface area contributed by atoms with E-state index in [0.29, 0.717) is 29.4 Å². The van der Waals surface area contributed by atoms with Crippen LogP contribution in [0, 0.1) is 0 Å². The van der Waals surface area contributed by atoms with Gasteiger partial charge in [0.15, 0.2) is 5.16 Å². The summed E-state index contributed by atoms with van der Waals surface area (Å²) in [6.07, 6.45) is 2.72. The summed E-state index contributed by atoms with van der Waals surface area (Å²) in [6.45, 7) is 3.16. The molecule has 4 aromatic rings. The fourth-order valence-electron chi connectivity index (χ4n) is 4.11. The molecule has 33 heavy (non-hydrogen) atoms. The number of thioether (sulfide) groups is 1. The number of hydrogen-bond donors (Lipinski definition) is 1. The van der Waals surface area contributed by atoms with Crippen LogP contribution in [0.2, 0.25) is 0 Å². The molecule has 7 nitrogen and oxygen atoms in total. The predicted molar refractivity (Wildman–Crippen MR) is 130 cm³/mol. The highest BCUT2D eigenvalue weighted by Gasteiger charge is 2.23. The Morgan fingerprint density at radius 2 is 2.12 bits per heavy atom. The number of furan rings is 1. The zero-order chi connectivity index (χ0) is 22.8. The van der Waals surface area contributed by atoms with Gasteiger partial charge < -0.3 is 14.5 Å². The number of nitrogens with one attached hydrogen (secondary N) is 1. The van der Waals surface area contributed by atoms with Crippen molar-refractivity contribution in [1.82, 2.24) is 9.55 Å². The van der Waals surface area contributed by atoms with E-state index in [4.69, 9.17) is 14.1 Å². The maximum absolute atomic E-state index is 13.4. The summed E-state index contributed by atoms with van der Waals surface area (Å²) in [5, 5.41) is 4.22. The molecule has 1 fully saturated rings. The third-order valence-electron chi connectivity index (χ3n) is 5.81. The summed E-state index contributed by atoms with van der Waals surface area (Å²) in [6, 6.07) is 15.3. The first-order valence-electron chi connectivity index (χ1n) is 11.2. The number of fused-ring (bicyclic) bond motifs is 3. The number of aryl methyl sites for hydroxylation is 1. The number of rotatable bonds is 7. The lowest BCUT2D eigenvalue weighted by Gasteiger charge is -2.15. The van der Waals surface area contributed by atoms with Crippen molar-refractivity contribution in [2.45, 2.75) is 44.0 Å². The first-order valence-corrected chi connectivity index (χ1v) is 12.2. The molecule has 2 aromatic heterocycles. The van der Waals surface area contributed by atoms with E-state index < -0.39 is 0 Å². The Labute approximate surface area is 195 Å². The minimum Gasteiger partial charge on any atom is -0.448 e. The van der Waals surface area contributed by atoms with Crippen molar-refractivity contribution in [2.75, 3.05) is 17.7 Å². The summed E-state index contributed by atoms with van der Waals surface area (Å²) in [4.78, 5) is 30.8. The molecule has 0 saturated carbocycles. The van der Waals surface area contributed by atoms with Gasteiger partial charge in [-0.15, -0.1) is 0 Å². The number of carbonyl (C=O) groups is 1. The molecule has 5 rings (SSSR count). The number of ether oxygens (including phenoxy) is 1. The standard InChI is InChI=1S/C25H25N3O4S/c1-2-16-7-5-8-17(13-16)26-21(29)15-33-25-27-22-19-10-3-4-11-20(19)32-23(22)24(30)28(25)14-18-9-6-12-31-18/h3-5,7-8,10-11,13,18H,2,6,9,12,14-15H2,1H3,(H,26,29)/t18-/m0/s1. The molecule has 2 aromatic carbocycles. The minimum atomic E-state index is -0.245. The molecular weight excluding hydrogens is 438 g/mol. The first kappa shape index (κ1) is 21.7. The van der Waals surface area contributed by atoms with Crippen molar-refractivity contribution in [3.05, 3.63) is 64.4 Å². The SMILES string of the molecule is CCc1cccc(NC(=O)CSc2nc3c(oc4ccccc43)c(=O)n2C[C@@H]2CCCO2)c1. The normalized spacial score (nSPS) is 16.0. The monoisotopic (exact) mass is 463 g/mol. The molecule has 0 aliphatic carbocycles. The number of amides is 1. The van der Waals surface area contributed by atoms with E-state index in [9.17, 15) is 9.59 Å². The quantitative estimate of drug-likeness (QED) is 0.318. The highest BCUT2D eigenvalue weighted by atomic mass is 32.2. The highest BCUT2D eigenvalue weighted by molar-refractivity contribution is 7.99. The Kier molecular flexibility index (Phi) is 6.20. The maximum atomic E-state index is 13.4. The lowest BCUT2D eigenvalue weighted by atomic mass is 10.1. The van der Waals surface area contributed by atoms with Crippen LogP contribution in [0.1, 0.15) is 25.3 Å². The van der Waals surface area contributed by atoms with Gasteiger partial charge in [0.2, 0.25) is 11.5 Å². The number of aromatic nitrogens is 2. The van der Waals surface area contributed by atoms with Gasteiger partial charge >= 0.3 is 0 Å². The van der Waals surface area contributed by atoms with Crippen LogP contribution in [0.4, 0.5) is 5.69 Å². The van der Waals surface area contributed by atoms with E-state index in [-0.39, 0.29) is 28.9 Å². The van der Waals surface area contributed by atoms with Gasteiger partial charge in [-0.05, 0) is 49.1 Å². The molecule has 1 amide bonds. The lowest BCUT2D eigenvalue weighted by Crippen LogP contribution is -2.29. The van der Waals surface area contributed by atoms with E-state index in [1.165, 1.54) is 11.8 Å². The van der Waals surface area contributed by atoms with Crippen LogP contribution >= 0.6 is 11.8 Å². The number of benzene rings is 2. The van der Waals surface area contributed by atoms with Crippen molar-refractivity contribution in [2.24, 2.45) is 0 Å². The fourth-order valence-corrected chi connectivity index (χ4v) is 4.91. The molecule has 1 saturated heterocycles.